The summed E-state index contributed by atoms with van der Waals surface area (Å²) in [6, 6.07) is 5.17. The molecule has 0 spiro atoms. The fourth-order valence-electron chi connectivity index (χ4n) is 3.93. The second-order valence-electron chi connectivity index (χ2n) is 7.73. The van der Waals surface area contributed by atoms with E-state index in [1.807, 2.05) is 0 Å². The van der Waals surface area contributed by atoms with Gasteiger partial charge in [-0.25, -0.2) is 8.42 Å². The maximum atomic E-state index is 13.0. The lowest BCUT2D eigenvalue weighted by atomic mass is 9.93. The van der Waals surface area contributed by atoms with E-state index >= 15 is 0 Å². The van der Waals surface area contributed by atoms with Crippen molar-refractivity contribution < 1.29 is 13.2 Å². The van der Waals surface area contributed by atoms with Gasteiger partial charge >= 0.3 is 0 Å². The van der Waals surface area contributed by atoms with Crippen LogP contribution in [0.25, 0.3) is 0 Å². The number of sulfonamides is 1. The molecule has 2 fully saturated rings. The molecule has 0 aromatic heterocycles. The third-order valence-electron chi connectivity index (χ3n) is 5.64. The largest absolute Gasteiger partial charge is 0.326 e. The Bertz CT molecular complexity index is 758. The Morgan fingerprint density at radius 2 is 1.86 bits per heavy atom. The molecule has 0 unspecified atom stereocenters. The molecule has 2 heterocycles. The maximum absolute atomic E-state index is 13.0. The molecule has 0 radical (unpaired) electrons. The van der Waals surface area contributed by atoms with E-state index in [0.29, 0.717) is 41.6 Å². The zero-order chi connectivity index (χ0) is 19.3. The van der Waals surface area contributed by atoms with Gasteiger partial charge in [-0.05, 0) is 75.7 Å². The summed E-state index contributed by atoms with van der Waals surface area (Å²) in [5, 5.41) is 6.22. The first-order chi connectivity index (χ1) is 13.0. The van der Waals surface area contributed by atoms with Gasteiger partial charge in [0.05, 0.1) is 4.90 Å². The summed E-state index contributed by atoms with van der Waals surface area (Å²) in [4.78, 5) is 12.6. The molecule has 158 valence electrons. The van der Waals surface area contributed by atoms with Crippen molar-refractivity contribution in [3.63, 3.8) is 0 Å². The molecule has 0 aliphatic carbocycles. The lowest BCUT2D eigenvalue weighted by molar-refractivity contribution is -0.116. The number of anilines is 1. The minimum atomic E-state index is -3.51. The molecule has 2 saturated heterocycles. The van der Waals surface area contributed by atoms with E-state index in [4.69, 9.17) is 0 Å². The number of carbonyl (C=O) groups is 1. The number of nitrogens with zero attached hydrogens (tertiary/aromatic N) is 1. The van der Waals surface area contributed by atoms with Gasteiger partial charge in [-0.2, -0.15) is 4.31 Å². The zero-order valence-electron chi connectivity index (χ0n) is 16.6. The summed E-state index contributed by atoms with van der Waals surface area (Å²) in [6.45, 7) is 5.02. The number of nitrogens with one attached hydrogen (secondary N) is 2. The van der Waals surface area contributed by atoms with Crippen molar-refractivity contribution in [1.82, 2.24) is 9.62 Å². The van der Waals surface area contributed by atoms with Crippen LogP contribution in [0, 0.1) is 12.8 Å². The molecule has 0 saturated carbocycles. The molecule has 2 aliphatic rings. The topological polar surface area (TPSA) is 78.5 Å². The van der Waals surface area contributed by atoms with Crippen molar-refractivity contribution >= 4 is 34.0 Å². The average molecular weight is 430 g/mol. The molecule has 28 heavy (non-hydrogen) atoms. The van der Waals surface area contributed by atoms with E-state index in [-0.39, 0.29) is 18.3 Å². The second kappa shape index (κ2) is 10.6. The normalized spacial score (nSPS) is 19.0. The van der Waals surface area contributed by atoms with Gasteiger partial charge in [-0.1, -0.05) is 12.5 Å². The van der Waals surface area contributed by atoms with Crippen molar-refractivity contribution in [3.05, 3.63) is 23.8 Å². The van der Waals surface area contributed by atoms with Gasteiger partial charge in [0.15, 0.2) is 0 Å². The first-order valence-corrected chi connectivity index (χ1v) is 11.5. The number of benzene rings is 1. The highest BCUT2D eigenvalue weighted by Crippen LogP contribution is 2.26. The summed E-state index contributed by atoms with van der Waals surface area (Å²) in [7, 11) is -3.51. The highest BCUT2D eigenvalue weighted by molar-refractivity contribution is 7.89. The lowest BCUT2D eigenvalue weighted by Crippen LogP contribution is -2.36. The zero-order valence-corrected chi connectivity index (χ0v) is 18.2. The van der Waals surface area contributed by atoms with Crippen LogP contribution in [0.3, 0.4) is 0 Å². The first-order valence-electron chi connectivity index (χ1n) is 10.1. The van der Waals surface area contributed by atoms with Crippen LogP contribution in [-0.4, -0.2) is 44.8 Å². The molecule has 0 bridgehead atoms. The van der Waals surface area contributed by atoms with Crippen molar-refractivity contribution in [3.8, 4) is 0 Å². The van der Waals surface area contributed by atoms with Gasteiger partial charge in [-0.15, -0.1) is 12.4 Å². The Morgan fingerprint density at radius 3 is 2.54 bits per heavy atom. The Balaban J connectivity index is 0.00000280. The van der Waals surface area contributed by atoms with Gasteiger partial charge in [0, 0.05) is 25.2 Å². The van der Waals surface area contributed by atoms with Crippen molar-refractivity contribution in [2.45, 2.75) is 56.8 Å². The number of aryl methyl sites for hydroxylation is 1. The van der Waals surface area contributed by atoms with Gasteiger partial charge in [0.25, 0.3) is 0 Å². The second-order valence-corrected chi connectivity index (χ2v) is 9.63. The van der Waals surface area contributed by atoms with E-state index in [1.54, 1.807) is 29.4 Å². The summed E-state index contributed by atoms with van der Waals surface area (Å²) in [5.41, 5.74) is 1.28. The van der Waals surface area contributed by atoms with Crippen molar-refractivity contribution in [2.24, 2.45) is 5.92 Å². The fraction of sp³-hybridized carbons (Fsp3) is 0.650. The van der Waals surface area contributed by atoms with Gasteiger partial charge < -0.3 is 10.6 Å². The van der Waals surface area contributed by atoms with Crippen LogP contribution < -0.4 is 10.6 Å². The Labute approximate surface area is 174 Å². The van der Waals surface area contributed by atoms with E-state index in [2.05, 4.69) is 10.6 Å². The Morgan fingerprint density at radius 1 is 1.18 bits per heavy atom. The third-order valence-corrected chi connectivity index (χ3v) is 7.68. The van der Waals surface area contributed by atoms with E-state index < -0.39 is 10.0 Å². The van der Waals surface area contributed by atoms with Crippen LogP contribution in [0.5, 0.6) is 0 Å². The summed E-state index contributed by atoms with van der Waals surface area (Å²) in [6.07, 6.45) is 6.51. The minimum Gasteiger partial charge on any atom is -0.326 e. The quantitative estimate of drug-likeness (QED) is 0.727. The fourth-order valence-corrected chi connectivity index (χ4v) is 5.70. The lowest BCUT2D eigenvalue weighted by Gasteiger charge is -2.26. The van der Waals surface area contributed by atoms with Crippen LogP contribution in [0.15, 0.2) is 23.1 Å². The number of carbonyl (C=O) groups excluding carboxylic acids is 1. The van der Waals surface area contributed by atoms with E-state index in [1.165, 1.54) is 0 Å². The number of hydrogen-bond acceptors (Lipinski definition) is 4. The molecular weight excluding hydrogens is 398 g/mol. The van der Waals surface area contributed by atoms with Crippen LogP contribution in [0.4, 0.5) is 5.69 Å². The molecule has 1 aromatic carbocycles. The highest BCUT2D eigenvalue weighted by atomic mass is 35.5. The number of piperidine rings is 2. The van der Waals surface area contributed by atoms with E-state index in [9.17, 15) is 13.2 Å². The third kappa shape index (κ3) is 5.92. The predicted octanol–water partition coefficient (Wildman–Crippen LogP) is 3.31. The molecule has 2 N–H and O–H groups in total. The van der Waals surface area contributed by atoms with E-state index in [0.717, 1.165) is 51.6 Å². The van der Waals surface area contributed by atoms with Crippen LogP contribution in [0.1, 0.15) is 50.5 Å². The molecule has 6 nitrogen and oxygen atoms in total. The highest BCUT2D eigenvalue weighted by Gasteiger charge is 2.27. The summed E-state index contributed by atoms with van der Waals surface area (Å²) >= 11 is 0. The molecule has 8 heteroatoms. The minimum absolute atomic E-state index is 0. The van der Waals surface area contributed by atoms with Crippen LogP contribution in [0.2, 0.25) is 0 Å². The van der Waals surface area contributed by atoms with Gasteiger partial charge in [-0.3, -0.25) is 4.79 Å². The van der Waals surface area contributed by atoms with Gasteiger partial charge in [0.2, 0.25) is 15.9 Å². The number of amides is 1. The maximum Gasteiger partial charge on any atom is 0.243 e. The first kappa shape index (κ1) is 23.1. The molecule has 1 aromatic rings. The number of rotatable bonds is 6. The molecular formula is C20H32ClN3O3S. The summed E-state index contributed by atoms with van der Waals surface area (Å²) in [5.74, 6) is 0.559. The Hall–Kier alpha value is -1.15. The monoisotopic (exact) mass is 429 g/mol. The van der Waals surface area contributed by atoms with Crippen LogP contribution >= 0.6 is 12.4 Å². The average Bonchev–Trinajstić information content (AvgIpc) is 2.69. The molecule has 3 rings (SSSR count). The standard InChI is InChI=1S/C20H31N3O3S.ClH/c1-16-5-7-18(22-20(24)8-6-17-9-11-21-12-10-17)15-19(16)27(25,26)23-13-3-2-4-14-23;/h5,7,15,17,21H,2-4,6,8-14H2,1H3,(H,22,24);1H. The number of halogens is 1. The smallest absolute Gasteiger partial charge is 0.243 e. The molecule has 1 amide bonds. The molecule has 2 aliphatic heterocycles. The summed E-state index contributed by atoms with van der Waals surface area (Å²) < 4.78 is 27.5. The van der Waals surface area contributed by atoms with Crippen molar-refractivity contribution in [2.75, 3.05) is 31.5 Å². The van der Waals surface area contributed by atoms with Crippen LogP contribution in [-0.2, 0) is 14.8 Å². The predicted molar refractivity (Wildman–Crippen MR) is 114 cm³/mol. The van der Waals surface area contributed by atoms with Crippen molar-refractivity contribution in [1.29, 1.82) is 0 Å². The SMILES string of the molecule is Cc1ccc(NC(=O)CCC2CCNCC2)cc1S(=O)(=O)N1CCCCC1.Cl. The molecule has 0 atom stereocenters. The Kier molecular flexibility index (Phi) is 8.74. The number of hydrogen-bond donors (Lipinski definition) is 2. The van der Waals surface area contributed by atoms with Gasteiger partial charge in [0.1, 0.15) is 0 Å².